The zero-order valence-electron chi connectivity index (χ0n) is 25.0. The molecule has 224 valence electrons. The first-order valence-electron chi connectivity index (χ1n) is 14.2. The van der Waals surface area contributed by atoms with Crippen LogP contribution in [0.3, 0.4) is 0 Å². The molecule has 3 heterocycles. The number of aryl methyl sites for hydroxylation is 1. The Morgan fingerprint density at radius 1 is 1.10 bits per heavy atom. The Bertz CT molecular complexity index is 1260. The van der Waals surface area contributed by atoms with Gasteiger partial charge in [0, 0.05) is 54.5 Å². The third kappa shape index (κ3) is 6.88. The maximum Gasteiger partial charge on any atom is 0.410 e. The molecular formula is C28H45F2N5O4Si. The van der Waals surface area contributed by atoms with Crippen LogP contribution in [0.15, 0.2) is 23.0 Å². The van der Waals surface area contributed by atoms with Gasteiger partial charge in [0.05, 0.1) is 29.3 Å². The van der Waals surface area contributed by atoms with Crippen molar-refractivity contribution in [2.45, 2.75) is 77.2 Å². The van der Waals surface area contributed by atoms with Gasteiger partial charge in [0.2, 0.25) is 0 Å². The van der Waals surface area contributed by atoms with Crippen LogP contribution in [0, 0.1) is 0 Å². The number of carbonyl (C=O) groups excluding carboxylic acids is 1. The fourth-order valence-electron chi connectivity index (χ4n) is 5.51. The quantitative estimate of drug-likeness (QED) is 0.356. The molecule has 0 unspecified atom stereocenters. The number of carbonyl (C=O) groups is 1. The minimum absolute atomic E-state index is 0.134. The summed E-state index contributed by atoms with van der Waals surface area (Å²) in [7, 11) is 0.534. The molecular weight excluding hydrogens is 536 g/mol. The molecule has 2 aromatic rings. The Morgan fingerprint density at radius 2 is 1.77 bits per heavy atom. The maximum absolute atomic E-state index is 15.3. The van der Waals surface area contributed by atoms with Gasteiger partial charge in [0.1, 0.15) is 12.3 Å². The van der Waals surface area contributed by atoms with Gasteiger partial charge in [-0.05, 0) is 45.4 Å². The van der Waals surface area contributed by atoms with Crippen LogP contribution >= 0.6 is 0 Å². The average molecular weight is 582 g/mol. The summed E-state index contributed by atoms with van der Waals surface area (Å²) in [6.07, 6.45) is -0.501. The summed E-state index contributed by atoms with van der Waals surface area (Å²) in [4.78, 5) is 30.6. The van der Waals surface area contributed by atoms with Crippen LogP contribution in [0.25, 0.3) is 11.0 Å². The van der Waals surface area contributed by atoms with Crippen molar-refractivity contribution in [3.8, 4) is 0 Å². The lowest BCUT2D eigenvalue weighted by molar-refractivity contribution is -0.126. The lowest BCUT2D eigenvalue weighted by Gasteiger charge is -2.46. The Kier molecular flexibility index (Phi) is 8.73. The number of hydrogen-bond donors (Lipinski definition) is 0. The largest absolute Gasteiger partial charge is 0.444 e. The predicted molar refractivity (Wildman–Crippen MR) is 156 cm³/mol. The number of rotatable bonds is 7. The lowest BCUT2D eigenvalue weighted by Crippen LogP contribution is -2.62. The number of alkyl halides is 2. The summed E-state index contributed by atoms with van der Waals surface area (Å²) in [5, 5.41) is 0. The van der Waals surface area contributed by atoms with Gasteiger partial charge in [0.15, 0.2) is 0 Å². The topological polar surface area (TPSA) is 72.2 Å². The molecule has 2 aliphatic heterocycles. The van der Waals surface area contributed by atoms with Crippen molar-refractivity contribution in [1.29, 1.82) is 0 Å². The molecule has 1 atom stereocenters. The van der Waals surface area contributed by atoms with E-state index in [4.69, 9.17) is 9.47 Å². The van der Waals surface area contributed by atoms with Crippen LogP contribution in [0.2, 0.25) is 25.7 Å². The van der Waals surface area contributed by atoms with Crippen LogP contribution in [0.5, 0.6) is 0 Å². The van der Waals surface area contributed by atoms with Crippen LogP contribution < -0.4 is 10.6 Å². The number of anilines is 1. The van der Waals surface area contributed by atoms with Gasteiger partial charge in [-0.25, -0.2) is 18.4 Å². The first kappa shape index (κ1) is 30.5. The molecule has 0 bridgehead atoms. The molecule has 0 spiro atoms. The van der Waals surface area contributed by atoms with E-state index in [1.54, 1.807) is 37.0 Å². The molecule has 40 heavy (non-hydrogen) atoms. The number of likely N-dealkylation sites (tertiary alicyclic amines) is 1. The number of aromatic nitrogens is 2. The number of piperazine rings is 1. The summed E-state index contributed by atoms with van der Waals surface area (Å²) < 4.78 is 45.0. The molecule has 0 aliphatic carbocycles. The van der Waals surface area contributed by atoms with Gasteiger partial charge < -0.3 is 19.3 Å². The smallest absolute Gasteiger partial charge is 0.410 e. The fourth-order valence-corrected chi connectivity index (χ4v) is 6.27. The molecule has 12 heteroatoms. The Labute approximate surface area is 236 Å². The van der Waals surface area contributed by atoms with Gasteiger partial charge >= 0.3 is 11.8 Å². The van der Waals surface area contributed by atoms with Gasteiger partial charge in [-0.2, -0.15) is 0 Å². The molecule has 4 rings (SSSR count). The van der Waals surface area contributed by atoms with E-state index in [1.807, 2.05) is 23.1 Å². The van der Waals surface area contributed by atoms with Crippen molar-refractivity contribution in [3.05, 3.63) is 28.7 Å². The Morgan fingerprint density at radius 3 is 2.38 bits per heavy atom. The number of fused-ring (bicyclic) bond motifs is 1. The van der Waals surface area contributed by atoms with Gasteiger partial charge in [-0.15, -0.1) is 0 Å². The second kappa shape index (κ2) is 11.4. The molecule has 0 N–H and O–H groups in total. The molecule has 1 aromatic heterocycles. The molecule has 0 radical (unpaired) electrons. The zero-order chi connectivity index (χ0) is 29.5. The van der Waals surface area contributed by atoms with Crippen LogP contribution in [-0.4, -0.2) is 96.5 Å². The third-order valence-electron chi connectivity index (χ3n) is 7.66. The van der Waals surface area contributed by atoms with Crippen LogP contribution in [-0.2, 0) is 23.3 Å². The van der Waals surface area contributed by atoms with E-state index in [1.165, 1.54) is 0 Å². The highest BCUT2D eigenvalue weighted by atomic mass is 28.3. The van der Waals surface area contributed by atoms with Crippen LogP contribution in [0.4, 0.5) is 19.3 Å². The van der Waals surface area contributed by atoms with E-state index < -0.39 is 38.3 Å². The zero-order valence-corrected chi connectivity index (χ0v) is 26.0. The number of para-hydroxylation sites is 1. The average Bonchev–Trinajstić information content (AvgIpc) is 3.09. The highest BCUT2D eigenvalue weighted by Gasteiger charge is 2.49. The minimum Gasteiger partial charge on any atom is -0.444 e. The Balaban J connectivity index is 1.42. The highest BCUT2D eigenvalue weighted by Crippen LogP contribution is 2.34. The number of hydrogen-bond acceptors (Lipinski definition) is 6. The molecule has 1 aromatic carbocycles. The summed E-state index contributed by atoms with van der Waals surface area (Å²) >= 11 is 0. The minimum atomic E-state index is -3.03. The standard InChI is InChI=1S/C28H45F2N5O4Si/c1-27(2,3)39-26(37)34-12-11-23(28(29,30)19-34)33-15-13-32(14-16-33)21-9-8-10-22-24(21)31(4)25(36)35(22)20-38-17-18-40(5,6)7/h8-10,23H,11-20H2,1-7H3/t23-/m0/s1. The van der Waals surface area contributed by atoms with E-state index in [0.717, 1.165) is 27.7 Å². The van der Waals surface area contributed by atoms with Crippen molar-refractivity contribution in [1.82, 2.24) is 18.9 Å². The summed E-state index contributed by atoms with van der Waals surface area (Å²) in [6, 6.07) is 5.95. The normalized spacial score (nSPS) is 20.8. The van der Waals surface area contributed by atoms with Gasteiger partial charge in [0.25, 0.3) is 5.92 Å². The number of piperidine rings is 1. The first-order valence-corrected chi connectivity index (χ1v) is 17.9. The second-order valence-corrected chi connectivity index (χ2v) is 18.9. The van der Waals surface area contributed by atoms with Crippen molar-refractivity contribution in [2.24, 2.45) is 7.05 Å². The van der Waals surface area contributed by atoms with Crippen molar-refractivity contribution in [2.75, 3.05) is 50.8 Å². The van der Waals surface area contributed by atoms with Crippen molar-refractivity contribution in [3.63, 3.8) is 0 Å². The van der Waals surface area contributed by atoms with Crippen molar-refractivity contribution >= 4 is 30.9 Å². The van der Waals surface area contributed by atoms with E-state index in [-0.39, 0.29) is 25.4 Å². The maximum atomic E-state index is 15.3. The third-order valence-corrected chi connectivity index (χ3v) is 9.37. The number of imidazole rings is 1. The van der Waals surface area contributed by atoms with E-state index in [2.05, 4.69) is 24.5 Å². The lowest BCUT2D eigenvalue weighted by atomic mass is 9.98. The molecule has 2 saturated heterocycles. The second-order valence-electron chi connectivity index (χ2n) is 13.3. The SMILES string of the molecule is Cn1c(=O)n(COCC[Si](C)(C)C)c2cccc(N3CCN([C@H]4CCN(C(=O)OC(C)(C)C)CC4(F)F)CC3)c21. The summed E-state index contributed by atoms with van der Waals surface area (Å²) in [5.74, 6) is -3.03. The first-order chi connectivity index (χ1) is 18.6. The van der Waals surface area contributed by atoms with E-state index in [9.17, 15) is 9.59 Å². The van der Waals surface area contributed by atoms with E-state index >= 15 is 8.78 Å². The van der Waals surface area contributed by atoms with Gasteiger partial charge in [-0.1, -0.05) is 25.7 Å². The van der Waals surface area contributed by atoms with Crippen molar-refractivity contribution < 1.29 is 23.0 Å². The number of nitrogens with zero attached hydrogens (tertiary/aromatic N) is 5. The molecule has 2 fully saturated rings. The number of amides is 1. The number of halogens is 2. The molecule has 1 amide bonds. The molecule has 2 aliphatic rings. The van der Waals surface area contributed by atoms with Gasteiger partial charge in [-0.3, -0.25) is 14.0 Å². The Hall–Kier alpha value is -2.44. The highest BCUT2D eigenvalue weighted by molar-refractivity contribution is 6.76. The summed E-state index contributed by atoms with van der Waals surface area (Å²) in [5.41, 5.74) is 1.69. The summed E-state index contributed by atoms with van der Waals surface area (Å²) in [6.45, 7) is 14.6. The monoisotopic (exact) mass is 581 g/mol. The molecule has 9 nitrogen and oxygen atoms in total. The number of ether oxygens (including phenoxy) is 2. The van der Waals surface area contributed by atoms with Crippen LogP contribution in [0.1, 0.15) is 27.2 Å². The fraction of sp³-hybridized carbons (Fsp3) is 0.714. The predicted octanol–water partition coefficient (Wildman–Crippen LogP) is 4.42. The molecule has 0 saturated carbocycles. The van der Waals surface area contributed by atoms with E-state index in [0.29, 0.717) is 32.8 Å². The number of benzene rings is 1.